The second-order valence-corrected chi connectivity index (χ2v) is 10.0. The van der Waals surface area contributed by atoms with Crippen molar-refractivity contribution in [3.8, 4) is 0 Å². The number of Topliss-reactive ketones (excluding diaryl/α,β-unsaturated/α-hetero) is 1. The van der Waals surface area contributed by atoms with Crippen molar-refractivity contribution in [2.75, 3.05) is 13.6 Å². The summed E-state index contributed by atoms with van der Waals surface area (Å²) in [6.07, 6.45) is 0. The van der Waals surface area contributed by atoms with E-state index in [1.54, 1.807) is 0 Å². The van der Waals surface area contributed by atoms with Crippen LogP contribution in [0.4, 0.5) is 0 Å². The van der Waals surface area contributed by atoms with Crippen LogP contribution in [0, 0.1) is 0 Å². The van der Waals surface area contributed by atoms with Gasteiger partial charge in [0.1, 0.15) is 0 Å². The maximum Gasteiger partial charge on any atom is 0.243 e. The van der Waals surface area contributed by atoms with Crippen molar-refractivity contribution in [3.05, 3.63) is 102 Å². The average Bonchev–Trinajstić information content (AvgIpc) is 2.80. The van der Waals surface area contributed by atoms with E-state index in [9.17, 15) is 18.0 Å². The molecule has 0 fully saturated rings. The minimum Gasteiger partial charge on any atom is -0.352 e. The fourth-order valence-corrected chi connectivity index (χ4v) is 4.93. The molecule has 1 N–H and O–H groups in total. The summed E-state index contributed by atoms with van der Waals surface area (Å²) in [4.78, 5) is 24.3. The predicted molar refractivity (Wildman–Crippen MR) is 129 cm³/mol. The van der Waals surface area contributed by atoms with E-state index >= 15 is 0 Å². The number of amides is 1. The normalized spacial score (nSPS) is 12.5. The van der Waals surface area contributed by atoms with Crippen molar-refractivity contribution in [2.24, 2.45) is 0 Å². The summed E-state index contributed by atoms with van der Waals surface area (Å²) in [5, 5.41) is 2.97. The van der Waals surface area contributed by atoms with E-state index in [1.807, 2.05) is 67.6 Å². The fourth-order valence-electron chi connectivity index (χ4n) is 3.80. The summed E-state index contributed by atoms with van der Waals surface area (Å²) in [7, 11) is -2.51. The summed E-state index contributed by atoms with van der Waals surface area (Å²) >= 11 is 0. The molecular formula is C26H28N2O4S. The molecule has 172 valence electrons. The van der Waals surface area contributed by atoms with Crippen molar-refractivity contribution in [1.82, 2.24) is 9.62 Å². The fraction of sp³-hybridized carbons (Fsp3) is 0.231. The molecule has 0 aliphatic rings. The van der Waals surface area contributed by atoms with Gasteiger partial charge in [-0.25, -0.2) is 8.42 Å². The zero-order chi connectivity index (χ0) is 24.0. The number of nitrogens with one attached hydrogen (secondary N) is 1. The molecule has 7 heteroatoms. The van der Waals surface area contributed by atoms with Crippen molar-refractivity contribution >= 4 is 21.7 Å². The van der Waals surface area contributed by atoms with Crippen LogP contribution in [0.15, 0.2) is 89.8 Å². The molecule has 0 spiro atoms. The van der Waals surface area contributed by atoms with Crippen LogP contribution >= 0.6 is 0 Å². The first-order chi connectivity index (χ1) is 15.7. The lowest BCUT2D eigenvalue weighted by atomic mass is 9.86. The summed E-state index contributed by atoms with van der Waals surface area (Å²) < 4.78 is 26.8. The standard InChI is InChI=1S/C26H28N2O4S/c1-19(26(22-10-6-4-7-11-22)23-12-8-5-9-13-23)27-25(30)18-28(3)33(31,32)24-16-14-21(15-17-24)20(2)29/h4-17,19,26H,18H2,1-3H3,(H,27,30). The van der Waals surface area contributed by atoms with Crippen LogP contribution in [0.5, 0.6) is 0 Å². The molecule has 1 unspecified atom stereocenters. The monoisotopic (exact) mass is 464 g/mol. The van der Waals surface area contributed by atoms with E-state index in [0.717, 1.165) is 15.4 Å². The third-order valence-electron chi connectivity index (χ3n) is 5.54. The Labute approximate surface area is 195 Å². The van der Waals surface area contributed by atoms with Gasteiger partial charge in [-0.3, -0.25) is 9.59 Å². The second kappa shape index (κ2) is 10.6. The Morgan fingerprint density at radius 1 is 0.848 bits per heavy atom. The lowest BCUT2D eigenvalue weighted by molar-refractivity contribution is -0.121. The van der Waals surface area contributed by atoms with Gasteiger partial charge in [0.05, 0.1) is 11.4 Å². The number of nitrogens with zero attached hydrogens (tertiary/aromatic N) is 1. The molecule has 0 saturated heterocycles. The molecule has 0 heterocycles. The van der Waals surface area contributed by atoms with Gasteiger partial charge in [-0.2, -0.15) is 4.31 Å². The molecule has 1 amide bonds. The topological polar surface area (TPSA) is 83.6 Å². The molecule has 6 nitrogen and oxygen atoms in total. The Balaban J connectivity index is 1.73. The number of carbonyl (C=O) groups is 2. The molecule has 3 aromatic carbocycles. The highest BCUT2D eigenvalue weighted by Crippen LogP contribution is 2.28. The van der Waals surface area contributed by atoms with Crippen molar-refractivity contribution in [2.45, 2.75) is 30.7 Å². The van der Waals surface area contributed by atoms with Crippen LogP contribution in [-0.4, -0.2) is 44.0 Å². The van der Waals surface area contributed by atoms with E-state index in [2.05, 4.69) is 5.32 Å². The molecule has 1 atom stereocenters. The number of carbonyl (C=O) groups excluding carboxylic acids is 2. The smallest absolute Gasteiger partial charge is 0.243 e. The molecule has 0 aliphatic heterocycles. The molecular weight excluding hydrogens is 436 g/mol. The van der Waals surface area contributed by atoms with Crippen LogP contribution in [0.3, 0.4) is 0 Å². The number of ketones is 1. The summed E-state index contributed by atoms with van der Waals surface area (Å²) in [5.74, 6) is -0.629. The molecule has 0 radical (unpaired) electrons. The molecule has 0 aliphatic carbocycles. The number of sulfonamides is 1. The number of rotatable bonds is 9. The number of hydrogen-bond acceptors (Lipinski definition) is 4. The van der Waals surface area contributed by atoms with Gasteiger partial charge in [0, 0.05) is 24.6 Å². The number of hydrogen-bond donors (Lipinski definition) is 1. The second-order valence-electron chi connectivity index (χ2n) is 8.00. The quantitative estimate of drug-likeness (QED) is 0.488. The lowest BCUT2D eigenvalue weighted by Gasteiger charge is -2.27. The Kier molecular flexibility index (Phi) is 7.79. The lowest BCUT2D eigenvalue weighted by Crippen LogP contribution is -2.44. The molecule has 0 saturated carbocycles. The largest absolute Gasteiger partial charge is 0.352 e. The van der Waals surface area contributed by atoms with Gasteiger partial charge in [0.15, 0.2) is 5.78 Å². The summed E-state index contributed by atoms with van der Waals surface area (Å²) in [6, 6.07) is 25.2. The van der Waals surface area contributed by atoms with Crippen LogP contribution in [0.1, 0.15) is 41.3 Å². The van der Waals surface area contributed by atoms with Crippen molar-refractivity contribution in [3.63, 3.8) is 0 Å². The Hall–Kier alpha value is -3.29. The minimum atomic E-state index is -3.88. The number of benzene rings is 3. The van der Waals surface area contributed by atoms with Gasteiger partial charge in [-0.15, -0.1) is 0 Å². The van der Waals surface area contributed by atoms with Crippen molar-refractivity contribution < 1.29 is 18.0 Å². The maximum absolute atomic E-state index is 12.9. The minimum absolute atomic E-state index is 0.0299. The molecule has 3 aromatic rings. The summed E-state index contributed by atoms with van der Waals surface area (Å²) in [5.41, 5.74) is 2.54. The SMILES string of the molecule is CC(=O)c1ccc(S(=O)(=O)N(C)CC(=O)NC(C)C(c2ccccc2)c2ccccc2)cc1. The van der Waals surface area contributed by atoms with E-state index in [0.29, 0.717) is 5.56 Å². The van der Waals surface area contributed by atoms with Gasteiger partial charge in [-0.1, -0.05) is 72.8 Å². The zero-order valence-corrected chi connectivity index (χ0v) is 19.7. The van der Waals surface area contributed by atoms with Crippen LogP contribution in [0.2, 0.25) is 0 Å². The predicted octanol–water partition coefficient (Wildman–Crippen LogP) is 3.85. The number of likely N-dealkylation sites (N-methyl/N-ethyl adjacent to an activating group) is 1. The van der Waals surface area contributed by atoms with Gasteiger partial charge >= 0.3 is 0 Å². The first kappa shape index (κ1) is 24.4. The van der Waals surface area contributed by atoms with Gasteiger partial charge in [-0.05, 0) is 37.1 Å². The Morgan fingerprint density at radius 2 is 1.33 bits per heavy atom. The molecule has 33 heavy (non-hydrogen) atoms. The van der Waals surface area contributed by atoms with E-state index in [4.69, 9.17) is 0 Å². The average molecular weight is 465 g/mol. The van der Waals surface area contributed by atoms with E-state index < -0.39 is 15.9 Å². The van der Waals surface area contributed by atoms with E-state index in [-0.39, 0.29) is 29.2 Å². The molecule has 0 bridgehead atoms. The first-order valence-electron chi connectivity index (χ1n) is 10.7. The van der Waals surface area contributed by atoms with Crippen LogP contribution < -0.4 is 5.32 Å². The highest BCUT2D eigenvalue weighted by atomic mass is 32.2. The van der Waals surface area contributed by atoms with Crippen LogP contribution in [0.25, 0.3) is 0 Å². The molecule has 3 rings (SSSR count). The highest BCUT2D eigenvalue weighted by Gasteiger charge is 2.26. The van der Waals surface area contributed by atoms with Crippen LogP contribution in [-0.2, 0) is 14.8 Å². The summed E-state index contributed by atoms with van der Waals surface area (Å²) in [6.45, 7) is 3.01. The van der Waals surface area contributed by atoms with Crippen molar-refractivity contribution in [1.29, 1.82) is 0 Å². The third-order valence-corrected chi connectivity index (χ3v) is 7.36. The third kappa shape index (κ3) is 5.94. The Morgan fingerprint density at radius 3 is 1.79 bits per heavy atom. The van der Waals surface area contributed by atoms with Gasteiger partial charge < -0.3 is 5.32 Å². The molecule has 0 aromatic heterocycles. The van der Waals surface area contributed by atoms with Gasteiger partial charge in [0.25, 0.3) is 0 Å². The highest BCUT2D eigenvalue weighted by molar-refractivity contribution is 7.89. The Bertz CT molecular complexity index is 1150. The maximum atomic E-state index is 12.9. The first-order valence-corrected chi connectivity index (χ1v) is 12.1. The zero-order valence-electron chi connectivity index (χ0n) is 18.9. The van der Waals surface area contributed by atoms with Gasteiger partial charge in [0.2, 0.25) is 15.9 Å². The van der Waals surface area contributed by atoms with E-state index in [1.165, 1.54) is 38.2 Å².